The van der Waals surface area contributed by atoms with E-state index in [-0.39, 0.29) is 0 Å². The van der Waals surface area contributed by atoms with E-state index < -0.39 is 5.82 Å². The summed E-state index contributed by atoms with van der Waals surface area (Å²) < 4.78 is 28.6. The van der Waals surface area contributed by atoms with E-state index in [4.69, 9.17) is 17.7 Å². The Morgan fingerprint density at radius 1 is 1.19 bits per heavy atom. The molecule has 2 heterocycles. The Morgan fingerprint density at radius 3 is 2.77 bits per heavy atom. The van der Waals surface area contributed by atoms with Crippen molar-refractivity contribution in [1.82, 2.24) is 19.7 Å². The lowest BCUT2D eigenvalue weighted by atomic mass is 10.2. The van der Waals surface area contributed by atoms with Crippen LogP contribution in [0.1, 0.15) is 6.93 Å². The lowest BCUT2D eigenvalue weighted by Gasteiger charge is -2.06. The predicted octanol–water partition coefficient (Wildman–Crippen LogP) is 4.34. The third-order valence-corrected chi connectivity index (χ3v) is 4.13. The molecule has 7 heteroatoms. The van der Waals surface area contributed by atoms with Crippen LogP contribution in [0.25, 0.3) is 22.3 Å². The van der Waals surface area contributed by atoms with Crippen LogP contribution in [0.5, 0.6) is 5.75 Å². The minimum atomic E-state index is -0.415. The third kappa shape index (κ3) is 3.23. The van der Waals surface area contributed by atoms with Gasteiger partial charge >= 0.3 is 0 Å². The summed E-state index contributed by atoms with van der Waals surface area (Å²) in [4.78, 5) is 8.64. The molecule has 130 valence electrons. The normalized spacial score (nSPS) is 11.6. The molecule has 0 bridgehead atoms. The summed E-state index contributed by atoms with van der Waals surface area (Å²) in [6.07, 6.45) is 4.99. The summed E-state index contributed by atoms with van der Waals surface area (Å²) >= 11 is 5.99. The molecular formula is C19H14ClFN4O. The molecule has 0 aliphatic carbocycles. The van der Waals surface area contributed by atoms with Gasteiger partial charge in [0.05, 0.1) is 26.7 Å². The molecular weight excluding hydrogens is 355 g/mol. The van der Waals surface area contributed by atoms with Crippen molar-refractivity contribution in [3.63, 3.8) is 0 Å². The van der Waals surface area contributed by atoms with Crippen molar-refractivity contribution in [1.29, 1.82) is 0 Å². The second-order valence-electron chi connectivity index (χ2n) is 5.72. The Balaban J connectivity index is 1.63. The molecule has 0 spiro atoms. The summed E-state index contributed by atoms with van der Waals surface area (Å²) in [5, 5.41) is 5.63. The van der Waals surface area contributed by atoms with Gasteiger partial charge in [0.25, 0.3) is 0 Å². The van der Waals surface area contributed by atoms with E-state index in [1.165, 1.54) is 19.2 Å². The number of halogens is 2. The fraction of sp³-hybridized carbons (Fsp3) is 0.105. The van der Waals surface area contributed by atoms with Crippen LogP contribution in [-0.2, 0) is 6.54 Å². The number of methoxy groups -OCH3 is 1. The summed E-state index contributed by atoms with van der Waals surface area (Å²) in [5.74, 6) is 0.388. The van der Waals surface area contributed by atoms with E-state index >= 15 is 0 Å². The second-order valence-corrected chi connectivity index (χ2v) is 6.16. The van der Waals surface area contributed by atoms with E-state index in [9.17, 15) is 4.39 Å². The van der Waals surface area contributed by atoms with Crippen LogP contribution in [0.3, 0.4) is 0 Å². The first-order valence-corrected chi connectivity index (χ1v) is 8.19. The zero-order chi connectivity index (χ0) is 19.0. The molecule has 4 aromatic rings. The van der Waals surface area contributed by atoms with Gasteiger partial charge in [0, 0.05) is 40.0 Å². The number of aromatic nitrogens is 4. The van der Waals surface area contributed by atoms with Crippen molar-refractivity contribution in [2.24, 2.45) is 0 Å². The number of hydrogen-bond donors (Lipinski definition) is 0. The predicted molar refractivity (Wildman–Crippen MR) is 97.8 cm³/mol. The van der Waals surface area contributed by atoms with Gasteiger partial charge in [0.1, 0.15) is 11.6 Å². The molecule has 0 saturated carbocycles. The summed E-state index contributed by atoms with van der Waals surface area (Å²) in [6, 6.07) is 7.99. The van der Waals surface area contributed by atoms with Gasteiger partial charge < -0.3 is 4.74 Å². The van der Waals surface area contributed by atoms with Gasteiger partial charge in [0.15, 0.2) is 5.82 Å². The molecule has 0 unspecified atom stereocenters. The van der Waals surface area contributed by atoms with Gasteiger partial charge in [-0.2, -0.15) is 5.10 Å². The van der Waals surface area contributed by atoms with Crippen molar-refractivity contribution in [2.75, 3.05) is 7.11 Å². The Kier molecular flexibility index (Phi) is 3.95. The highest BCUT2D eigenvalue weighted by molar-refractivity contribution is 6.31. The largest absolute Gasteiger partial charge is 0.497 e. The molecule has 0 N–H and O–H groups in total. The zero-order valence-electron chi connectivity index (χ0n) is 14.8. The van der Waals surface area contributed by atoms with E-state index in [2.05, 4.69) is 15.1 Å². The highest BCUT2D eigenvalue weighted by Gasteiger charge is 2.08. The number of rotatable bonds is 4. The van der Waals surface area contributed by atoms with Crippen LogP contribution >= 0.6 is 11.6 Å². The highest BCUT2D eigenvalue weighted by atomic mass is 35.5. The standard InChI is InChI=1S/C19H14ClFN4O/c1-26-17-6-13(5-16(21)7-17)19-22-8-12(9-23-19)11-25-18-3-2-15(20)4-14(18)10-24-25/h2-10H,11H2,1H3/i3D. The van der Waals surface area contributed by atoms with Gasteiger partial charge in [-0.3, -0.25) is 4.68 Å². The van der Waals surface area contributed by atoms with Crippen molar-refractivity contribution >= 4 is 22.5 Å². The first-order chi connectivity index (χ1) is 13.0. The molecule has 0 saturated heterocycles. The number of benzene rings is 2. The summed E-state index contributed by atoms with van der Waals surface area (Å²) in [7, 11) is 1.48. The van der Waals surface area contributed by atoms with Gasteiger partial charge in [-0.25, -0.2) is 14.4 Å². The molecule has 0 aliphatic rings. The highest BCUT2D eigenvalue weighted by Crippen LogP contribution is 2.23. The quantitative estimate of drug-likeness (QED) is 0.537. The SMILES string of the molecule is [2H]c1cc(Cl)cc2cnn(Cc3cnc(-c4cc(F)cc(OC)c4)nc3)c12. The lowest BCUT2D eigenvalue weighted by molar-refractivity contribution is 0.411. The Bertz CT molecular complexity index is 1130. The second kappa shape index (κ2) is 6.72. The van der Waals surface area contributed by atoms with Crippen LogP contribution < -0.4 is 4.74 Å². The van der Waals surface area contributed by atoms with E-state index in [1.54, 1.807) is 41.5 Å². The van der Waals surface area contributed by atoms with Gasteiger partial charge in [0.2, 0.25) is 0 Å². The number of ether oxygens (including phenoxy) is 1. The molecule has 0 atom stereocenters. The monoisotopic (exact) mass is 369 g/mol. The van der Waals surface area contributed by atoms with Crippen LogP contribution in [0, 0.1) is 5.82 Å². The van der Waals surface area contributed by atoms with E-state index in [0.29, 0.717) is 40.3 Å². The zero-order valence-corrected chi connectivity index (χ0v) is 14.5. The summed E-state index contributed by atoms with van der Waals surface area (Å²) in [6.45, 7) is 0.407. The molecule has 2 aromatic heterocycles. The fourth-order valence-corrected chi connectivity index (χ4v) is 2.85. The molecule has 0 radical (unpaired) electrons. The minimum Gasteiger partial charge on any atom is -0.497 e. The first-order valence-electron chi connectivity index (χ1n) is 8.31. The van der Waals surface area contributed by atoms with Crippen LogP contribution in [0.4, 0.5) is 4.39 Å². The minimum absolute atomic E-state index is 0.305. The van der Waals surface area contributed by atoms with Crippen LogP contribution in [0.15, 0.2) is 55.0 Å². The van der Waals surface area contributed by atoms with Crippen molar-refractivity contribution < 1.29 is 10.5 Å². The maximum atomic E-state index is 13.7. The maximum absolute atomic E-state index is 13.7. The van der Waals surface area contributed by atoms with Crippen molar-refractivity contribution in [2.45, 2.75) is 6.54 Å². The van der Waals surface area contributed by atoms with Crippen LogP contribution in [-0.4, -0.2) is 26.9 Å². The van der Waals surface area contributed by atoms with Crippen LogP contribution in [0.2, 0.25) is 5.02 Å². The Morgan fingerprint density at radius 2 is 2.00 bits per heavy atom. The van der Waals surface area contributed by atoms with E-state index in [0.717, 1.165) is 10.9 Å². The number of nitrogens with zero attached hydrogens (tertiary/aromatic N) is 4. The first kappa shape index (κ1) is 15.3. The van der Waals surface area contributed by atoms with E-state index in [1.807, 2.05) is 0 Å². The number of fused-ring (bicyclic) bond motifs is 1. The summed E-state index contributed by atoms with van der Waals surface area (Å²) in [5.41, 5.74) is 2.03. The van der Waals surface area contributed by atoms with Gasteiger partial charge in [-0.15, -0.1) is 0 Å². The van der Waals surface area contributed by atoms with Crippen molar-refractivity contribution in [3.8, 4) is 17.1 Å². The third-order valence-electron chi connectivity index (χ3n) is 3.91. The molecule has 4 rings (SSSR count). The topological polar surface area (TPSA) is 52.8 Å². The molecule has 0 aliphatic heterocycles. The maximum Gasteiger partial charge on any atom is 0.159 e. The molecule has 26 heavy (non-hydrogen) atoms. The van der Waals surface area contributed by atoms with Gasteiger partial charge in [-0.1, -0.05) is 11.6 Å². The Labute approximate surface area is 155 Å². The molecule has 0 amide bonds. The lowest BCUT2D eigenvalue weighted by Crippen LogP contribution is -2.03. The molecule has 0 fully saturated rings. The fourth-order valence-electron chi connectivity index (χ4n) is 2.68. The Hall–Kier alpha value is -2.99. The van der Waals surface area contributed by atoms with Gasteiger partial charge in [-0.05, 0) is 30.3 Å². The smallest absolute Gasteiger partial charge is 0.159 e. The average Bonchev–Trinajstić information content (AvgIpc) is 3.04. The number of hydrogen-bond acceptors (Lipinski definition) is 4. The molecule has 2 aromatic carbocycles. The van der Waals surface area contributed by atoms with Crippen molar-refractivity contribution in [3.05, 3.63) is 71.4 Å². The molecule has 5 nitrogen and oxygen atoms in total. The average molecular weight is 370 g/mol.